The number of piperidine rings is 1. The second-order valence-electron chi connectivity index (χ2n) is 7.89. The van der Waals surface area contributed by atoms with Gasteiger partial charge in [0.15, 0.2) is 5.65 Å². The molecule has 7 heteroatoms. The lowest BCUT2D eigenvalue weighted by Crippen LogP contribution is -2.37. The van der Waals surface area contributed by atoms with E-state index in [-0.39, 0.29) is 5.56 Å². The predicted molar refractivity (Wildman–Crippen MR) is 108 cm³/mol. The highest BCUT2D eigenvalue weighted by atomic mass is 16.1. The van der Waals surface area contributed by atoms with Gasteiger partial charge in [-0.05, 0) is 62.6 Å². The molecular formula is C21H24N6O. The Kier molecular flexibility index (Phi) is 4.30. The molecule has 144 valence electrons. The van der Waals surface area contributed by atoms with Crippen LogP contribution in [0.4, 0.5) is 5.82 Å². The number of rotatable bonds is 3. The van der Waals surface area contributed by atoms with E-state index in [0.29, 0.717) is 12.5 Å². The molecule has 2 aliphatic rings. The van der Waals surface area contributed by atoms with Crippen LogP contribution in [0.15, 0.2) is 29.2 Å². The largest absolute Gasteiger partial charge is 0.356 e. The minimum Gasteiger partial charge on any atom is -0.356 e. The summed E-state index contributed by atoms with van der Waals surface area (Å²) in [6.07, 6.45) is 6.93. The van der Waals surface area contributed by atoms with Gasteiger partial charge in [0.25, 0.3) is 5.56 Å². The summed E-state index contributed by atoms with van der Waals surface area (Å²) in [6, 6.07) is 5.77. The first kappa shape index (κ1) is 17.3. The van der Waals surface area contributed by atoms with Gasteiger partial charge in [0.05, 0.1) is 11.1 Å². The summed E-state index contributed by atoms with van der Waals surface area (Å²) >= 11 is 0. The maximum absolute atomic E-state index is 12.4. The number of aryl methyl sites for hydroxylation is 3. The van der Waals surface area contributed by atoms with Crippen molar-refractivity contribution >= 4 is 16.9 Å². The zero-order valence-electron chi connectivity index (χ0n) is 16.1. The first-order valence-electron chi connectivity index (χ1n) is 10.1. The van der Waals surface area contributed by atoms with E-state index < -0.39 is 0 Å². The summed E-state index contributed by atoms with van der Waals surface area (Å²) < 4.78 is 1.69. The average Bonchev–Trinajstić information content (AvgIpc) is 3.15. The second-order valence-corrected chi connectivity index (χ2v) is 7.89. The molecule has 1 fully saturated rings. The number of nitrogens with zero attached hydrogens (tertiary/aromatic N) is 6. The van der Waals surface area contributed by atoms with Crippen molar-refractivity contribution in [3.8, 4) is 0 Å². The molecule has 0 radical (unpaired) electrons. The molecule has 5 rings (SSSR count). The molecule has 0 N–H and O–H groups in total. The molecule has 0 bridgehead atoms. The van der Waals surface area contributed by atoms with Crippen molar-refractivity contribution in [2.75, 3.05) is 18.0 Å². The second kappa shape index (κ2) is 6.96. The van der Waals surface area contributed by atoms with Crippen LogP contribution in [0.1, 0.15) is 36.3 Å². The van der Waals surface area contributed by atoms with Gasteiger partial charge in [-0.25, -0.2) is 19.6 Å². The summed E-state index contributed by atoms with van der Waals surface area (Å²) in [5.41, 5.74) is 3.07. The Labute approximate surface area is 163 Å². The predicted octanol–water partition coefficient (Wildman–Crippen LogP) is 2.30. The normalized spacial score (nSPS) is 17.2. The molecule has 3 aromatic rings. The lowest BCUT2D eigenvalue weighted by Gasteiger charge is -2.33. The van der Waals surface area contributed by atoms with Crippen LogP contribution < -0.4 is 10.5 Å². The van der Waals surface area contributed by atoms with Gasteiger partial charge >= 0.3 is 0 Å². The maximum Gasteiger partial charge on any atom is 0.267 e. The third-order valence-corrected chi connectivity index (χ3v) is 5.93. The Morgan fingerprint density at radius 3 is 2.89 bits per heavy atom. The smallest absolute Gasteiger partial charge is 0.267 e. The van der Waals surface area contributed by atoms with Crippen LogP contribution in [0, 0.1) is 12.8 Å². The Morgan fingerprint density at radius 2 is 2.04 bits per heavy atom. The van der Waals surface area contributed by atoms with Crippen molar-refractivity contribution in [3.05, 3.63) is 51.8 Å². The van der Waals surface area contributed by atoms with Gasteiger partial charge in [-0.3, -0.25) is 4.79 Å². The number of fused-ring (bicyclic) bond motifs is 2. The quantitative estimate of drug-likeness (QED) is 0.698. The van der Waals surface area contributed by atoms with Gasteiger partial charge in [-0.2, -0.15) is 5.10 Å². The van der Waals surface area contributed by atoms with E-state index in [1.807, 2.05) is 19.1 Å². The molecule has 1 aliphatic heterocycles. The number of hydrogen-bond acceptors (Lipinski definition) is 6. The number of aromatic nitrogens is 5. The molecule has 0 amide bonds. The van der Waals surface area contributed by atoms with Gasteiger partial charge in [-0.15, -0.1) is 0 Å². The van der Waals surface area contributed by atoms with Crippen molar-refractivity contribution in [1.29, 1.82) is 0 Å². The molecule has 4 heterocycles. The molecule has 1 saturated heterocycles. The SMILES string of the molecule is Cc1nc(N2CCC(Cn3nc4c(cc3=O)CCC4)CC2)c2cccnc2n1. The molecule has 0 unspecified atom stereocenters. The van der Waals surface area contributed by atoms with Crippen LogP contribution in [-0.2, 0) is 19.4 Å². The fourth-order valence-corrected chi connectivity index (χ4v) is 4.44. The first-order chi connectivity index (χ1) is 13.7. The van der Waals surface area contributed by atoms with E-state index in [0.717, 1.165) is 79.1 Å². The van der Waals surface area contributed by atoms with Crippen LogP contribution in [0.3, 0.4) is 0 Å². The summed E-state index contributed by atoms with van der Waals surface area (Å²) in [5.74, 6) is 2.19. The standard InChI is InChI=1S/C21H24N6O/c1-14-23-20-17(5-3-9-22-20)21(24-14)26-10-7-15(8-11-26)13-27-19(28)12-16-4-2-6-18(16)25-27/h3,5,9,12,15H,2,4,6-8,10-11,13H2,1H3. The summed E-state index contributed by atoms with van der Waals surface area (Å²) in [5, 5.41) is 5.64. The highest BCUT2D eigenvalue weighted by molar-refractivity contribution is 5.86. The third kappa shape index (κ3) is 3.15. The minimum atomic E-state index is 0.0478. The van der Waals surface area contributed by atoms with Crippen molar-refractivity contribution in [2.24, 2.45) is 5.92 Å². The highest BCUT2D eigenvalue weighted by Gasteiger charge is 2.24. The van der Waals surface area contributed by atoms with Crippen LogP contribution in [-0.4, -0.2) is 37.8 Å². The van der Waals surface area contributed by atoms with Gasteiger partial charge < -0.3 is 4.90 Å². The Bertz CT molecular complexity index is 1080. The van der Waals surface area contributed by atoms with Gasteiger partial charge in [0.1, 0.15) is 11.6 Å². The van der Waals surface area contributed by atoms with E-state index in [9.17, 15) is 4.79 Å². The van der Waals surface area contributed by atoms with Crippen LogP contribution in [0.5, 0.6) is 0 Å². The molecule has 0 atom stereocenters. The van der Waals surface area contributed by atoms with E-state index in [2.05, 4.69) is 20.0 Å². The van der Waals surface area contributed by atoms with Crippen LogP contribution in [0.2, 0.25) is 0 Å². The molecule has 3 aromatic heterocycles. The molecular weight excluding hydrogens is 352 g/mol. The van der Waals surface area contributed by atoms with Gasteiger partial charge in [0, 0.05) is 31.9 Å². The number of hydrogen-bond donors (Lipinski definition) is 0. The maximum atomic E-state index is 12.4. The Morgan fingerprint density at radius 1 is 1.18 bits per heavy atom. The minimum absolute atomic E-state index is 0.0478. The topological polar surface area (TPSA) is 76.8 Å². The molecule has 7 nitrogen and oxygen atoms in total. The number of anilines is 1. The van der Waals surface area contributed by atoms with E-state index in [1.54, 1.807) is 16.9 Å². The Hall–Kier alpha value is -2.83. The average molecular weight is 376 g/mol. The van der Waals surface area contributed by atoms with Crippen molar-refractivity contribution < 1.29 is 0 Å². The molecule has 0 aromatic carbocycles. The summed E-state index contributed by atoms with van der Waals surface area (Å²) in [7, 11) is 0. The lowest BCUT2D eigenvalue weighted by atomic mass is 9.96. The molecule has 0 saturated carbocycles. The molecule has 1 aliphatic carbocycles. The van der Waals surface area contributed by atoms with Crippen molar-refractivity contribution in [1.82, 2.24) is 24.7 Å². The fourth-order valence-electron chi connectivity index (χ4n) is 4.44. The van der Waals surface area contributed by atoms with E-state index >= 15 is 0 Å². The summed E-state index contributed by atoms with van der Waals surface area (Å²) in [4.78, 5) is 28.2. The van der Waals surface area contributed by atoms with Crippen molar-refractivity contribution in [3.63, 3.8) is 0 Å². The highest BCUT2D eigenvalue weighted by Crippen LogP contribution is 2.28. The molecule has 0 spiro atoms. The van der Waals surface area contributed by atoms with Gasteiger partial charge in [-0.1, -0.05) is 0 Å². The lowest BCUT2D eigenvalue weighted by molar-refractivity contribution is 0.333. The van der Waals surface area contributed by atoms with Crippen LogP contribution >= 0.6 is 0 Å². The third-order valence-electron chi connectivity index (χ3n) is 5.93. The fraction of sp³-hybridized carbons (Fsp3) is 0.476. The van der Waals surface area contributed by atoms with Gasteiger partial charge in [0.2, 0.25) is 0 Å². The van der Waals surface area contributed by atoms with Crippen molar-refractivity contribution in [2.45, 2.75) is 45.6 Å². The first-order valence-corrected chi connectivity index (χ1v) is 10.1. The number of pyridine rings is 1. The van der Waals surface area contributed by atoms with E-state index in [1.165, 1.54) is 0 Å². The summed E-state index contributed by atoms with van der Waals surface area (Å²) in [6.45, 7) is 4.47. The molecule has 28 heavy (non-hydrogen) atoms. The monoisotopic (exact) mass is 376 g/mol. The zero-order valence-corrected chi connectivity index (χ0v) is 16.1. The van der Waals surface area contributed by atoms with E-state index in [4.69, 9.17) is 4.98 Å². The Balaban J connectivity index is 1.32. The zero-order chi connectivity index (χ0) is 19.1. The van der Waals surface area contributed by atoms with Crippen LogP contribution in [0.25, 0.3) is 11.0 Å².